The molecule has 2 aromatic rings. The highest BCUT2D eigenvalue weighted by Gasteiger charge is 2.34. The summed E-state index contributed by atoms with van der Waals surface area (Å²) in [5, 5.41) is 2.78. The van der Waals surface area contributed by atoms with Gasteiger partial charge in [0.15, 0.2) is 0 Å². The predicted molar refractivity (Wildman–Crippen MR) is 152 cm³/mol. The van der Waals surface area contributed by atoms with Crippen LogP contribution in [0.5, 0.6) is 5.75 Å². The van der Waals surface area contributed by atoms with Crippen molar-refractivity contribution in [1.82, 2.24) is 4.90 Å². The van der Waals surface area contributed by atoms with E-state index < -0.39 is 5.60 Å². The number of benzene rings is 2. The Labute approximate surface area is 223 Å². The highest BCUT2D eigenvalue weighted by atomic mass is 16.6. The third-order valence-electron chi connectivity index (χ3n) is 6.37. The van der Waals surface area contributed by atoms with Crippen molar-refractivity contribution in [2.75, 3.05) is 18.5 Å². The smallest absolute Gasteiger partial charge is 0.410 e. The van der Waals surface area contributed by atoms with Gasteiger partial charge in [0.2, 0.25) is 5.91 Å². The van der Waals surface area contributed by atoms with Crippen LogP contribution in [0.2, 0.25) is 0 Å². The fourth-order valence-corrected chi connectivity index (χ4v) is 4.39. The van der Waals surface area contributed by atoms with Gasteiger partial charge in [0.1, 0.15) is 18.0 Å². The molecule has 0 unspecified atom stereocenters. The quantitative estimate of drug-likeness (QED) is 0.411. The molecular weight excluding hydrogens is 464 g/mol. The fourth-order valence-electron chi connectivity index (χ4n) is 4.39. The van der Waals surface area contributed by atoms with E-state index in [9.17, 15) is 9.59 Å². The Morgan fingerprint density at radius 1 is 0.946 bits per heavy atom. The van der Waals surface area contributed by atoms with Gasteiger partial charge in [-0.25, -0.2) is 4.79 Å². The normalized spacial score (nSPS) is 15.1. The maximum absolute atomic E-state index is 13.0. The van der Waals surface area contributed by atoms with Gasteiger partial charge in [-0.15, -0.1) is 0 Å². The molecule has 2 aromatic carbocycles. The minimum Gasteiger partial charge on any atom is -0.492 e. The number of anilines is 1. The van der Waals surface area contributed by atoms with Crippen molar-refractivity contribution in [2.24, 2.45) is 5.41 Å². The van der Waals surface area contributed by atoms with E-state index in [1.54, 1.807) is 0 Å². The Bertz CT molecular complexity index is 981. The minimum atomic E-state index is -0.527. The summed E-state index contributed by atoms with van der Waals surface area (Å²) in [5.74, 6) is 0.675. The summed E-state index contributed by atoms with van der Waals surface area (Å²) >= 11 is 0. The molecule has 2 amide bonds. The number of hydrogen-bond donors (Lipinski definition) is 1. The van der Waals surface area contributed by atoms with Crippen LogP contribution in [-0.2, 0) is 9.53 Å². The second-order valence-electron chi connectivity index (χ2n) is 11.2. The van der Waals surface area contributed by atoms with E-state index >= 15 is 0 Å². The zero-order chi connectivity index (χ0) is 27.6. The van der Waals surface area contributed by atoms with Gasteiger partial charge in [-0.05, 0) is 87.3 Å². The number of nitrogens with one attached hydrogen (secondary N) is 1. The molecule has 6 heteroatoms. The average Bonchev–Trinajstić information content (AvgIpc) is 2.83. The zero-order valence-corrected chi connectivity index (χ0v) is 24.0. The van der Waals surface area contributed by atoms with Crippen LogP contribution in [0.15, 0.2) is 48.5 Å². The predicted octanol–water partition coefficient (Wildman–Crippen LogP) is 7.92. The van der Waals surface area contributed by atoms with Crippen molar-refractivity contribution in [3.05, 3.63) is 48.5 Å². The van der Waals surface area contributed by atoms with E-state index in [1.165, 1.54) is 6.92 Å². The molecule has 37 heavy (non-hydrogen) atoms. The van der Waals surface area contributed by atoms with Crippen molar-refractivity contribution in [3.63, 3.8) is 0 Å². The van der Waals surface area contributed by atoms with Crippen LogP contribution in [-0.4, -0.2) is 41.7 Å². The molecule has 1 aliphatic rings. The molecule has 0 aliphatic heterocycles. The van der Waals surface area contributed by atoms with E-state index in [0.29, 0.717) is 18.6 Å². The first-order valence-corrected chi connectivity index (χ1v) is 13.5. The molecule has 0 spiro atoms. The van der Waals surface area contributed by atoms with Crippen LogP contribution in [0.1, 0.15) is 81.1 Å². The van der Waals surface area contributed by atoms with Crippen molar-refractivity contribution in [3.8, 4) is 16.9 Å². The van der Waals surface area contributed by atoms with E-state index in [-0.39, 0.29) is 18.0 Å². The van der Waals surface area contributed by atoms with Crippen molar-refractivity contribution >= 4 is 17.7 Å². The maximum atomic E-state index is 13.0. The zero-order valence-electron chi connectivity index (χ0n) is 24.0. The summed E-state index contributed by atoms with van der Waals surface area (Å²) in [5.41, 5.74) is 2.70. The lowest BCUT2D eigenvalue weighted by molar-refractivity contribution is -0.114. The number of carbonyl (C=O) groups excluding carboxylic acids is 2. The van der Waals surface area contributed by atoms with Crippen LogP contribution in [0.3, 0.4) is 0 Å². The van der Waals surface area contributed by atoms with Crippen LogP contribution < -0.4 is 10.1 Å². The van der Waals surface area contributed by atoms with Gasteiger partial charge < -0.3 is 19.7 Å². The lowest BCUT2D eigenvalue weighted by atomic mass is 9.75. The number of carbonyl (C=O) groups is 2. The Kier molecular flexibility index (Phi) is 11.0. The molecule has 1 aliphatic carbocycles. The monoisotopic (exact) mass is 510 g/mol. The molecule has 6 nitrogen and oxygen atoms in total. The number of amides is 2. The molecule has 204 valence electrons. The standard InChI is InChI=1S/C29H40N2O4.C2H6/c1-21(32)30-24-11-7-22(8-12-24)23-9-13-26(14-10-23)34-20-19-31(27(33)35-28(2,3)4)25-15-17-29(5,6)18-16-25;1-2/h7-14,25H,15-20H2,1-6H3,(H,30,32);1-2H3. The molecule has 0 saturated heterocycles. The first-order chi connectivity index (χ1) is 17.4. The number of nitrogens with zero attached hydrogens (tertiary/aromatic N) is 1. The van der Waals surface area contributed by atoms with E-state index in [0.717, 1.165) is 48.2 Å². The topological polar surface area (TPSA) is 67.9 Å². The van der Waals surface area contributed by atoms with Gasteiger partial charge in [0.05, 0.1) is 6.54 Å². The molecule has 0 radical (unpaired) electrons. The van der Waals surface area contributed by atoms with Gasteiger partial charge in [-0.3, -0.25) is 4.79 Å². The fraction of sp³-hybridized carbons (Fsp3) is 0.548. The summed E-state index contributed by atoms with van der Waals surface area (Å²) < 4.78 is 11.7. The lowest BCUT2D eigenvalue weighted by Crippen LogP contribution is -2.47. The average molecular weight is 511 g/mol. The van der Waals surface area contributed by atoms with Crippen molar-refractivity contribution in [2.45, 2.75) is 92.7 Å². The molecule has 0 aromatic heterocycles. The third kappa shape index (κ3) is 10.1. The molecule has 0 bridgehead atoms. The van der Waals surface area contributed by atoms with Crippen LogP contribution in [0, 0.1) is 5.41 Å². The molecule has 1 fully saturated rings. The maximum Gasteiger partial charge on any atom is 0.410 e. The molecule has 3 rings (SSSR count). The Hall–Kier alpha value is -3.02. The van der Waals surface area contributed by atoms with E-state index in [4.69, 9.17) is 9.47 Å². The van der Waals surface area contributed by atoms with Crippen LogP contribution in [0.25, 0.3) is 11.1 Å². The largest absolute Gasteiger partial charge is 0.492 e. The lowest BCUT2D eigenvalue weighted by Gasteiger charge is -2.40. The van der Waals surface area contributed by atoms with Gasteiger partial charge in [0, 0.05) is 18.7 Å². The number of ether oxygens (including phenoxy) is 2. The molecule has 1 N–H and O–H groups in total. The Morgan fingerprint density at radius 2 is 1.46 bits per heavy atom. The van der Waals surface area contributed by atoms with Gasteiger partial charge in [-0.2, -0.15) is 0 Å². The van der Waals surface area contributed by atoms with Crippen molar-refractivity contribution < 1.29 is 19.1 Å². The highest BCUT2D eigenvalue weighted by molar-refractivity contribution is 5.89. The Balaban J connectivity index is 0.00000235. The second kappa shape index (κ2) is 13.5. The third-order valence-corrected chi connectivity index (χ3v) is 6.37. The van der Waals surface area contributed by atoms with Gasteiger partial charge >= 0.3 is 6.09 Å². The summed E-state index contributed by atoms with van der Waals surface area (Å²) in [6, 6.07) is 15.8. The molecule has 1 saturated carbocycles. The van der Waals surface area contributed by atoms with Crippen LogP contribution >= 0.6 is 0 Å². The van der Waals surface area contributed by atoms with E-state index in [1.807, 2.05) is 88.0 Å². The summed E-state index contributed by atoms with van der Waals surface area (Å²) in [6.45, 7) is 16.7. The second-order valence-corrected chi connectivity index (χ2v) is 11.2. The summed E-state index contributed by atoms with van der Waals surface area (Å²) in [6.07, 6.45) is 3.92. The number of rotatable bonds is 7. The summed E-state index contributed by atoms with van der Waals surface area (Å²) in [7, 11) is 0. The van der Waals surface area contributed by atoms with Gasteiger partial charge in [0.25, 0.3) is 0 Å². The first kappa shape index (κ1) is 30.2. The van der Waals surface area contributed by atoms with Crippen LogP contribution in [0.4, 0.5) is 10.5 Å². The van der Waals surface area contributed by atoms with Crippen molar-refractivity contribution in [1.29, 1.82) is 0 Å². The Morgan fingerprint density at radius 3 is 1.95 bits per heavy atom. The molecular formula is C31H46N2O4. The SMILES string of the molecule is CC.CC(=O)Nc1ccc(-c2ccc(OCCN(C(=O)OC(C)(C)C)C3CCC(C)(C)CC3)cc2)cc1. The minimum absolute atomic E-state index is 0.0863. The molecule has 0 atom stereocenters. The highest BCUT2D eigenvalue weighted by Crippen LogP contribution is 2.37. The summed E-state index contributed by atoms with van der Waals surface area (Å²) in [4.78, 5) is 26.0. The van der Waals surface area contributed by atoms with Gasteiger partial charge in [-0.1, -0.05) is 52.0 Å². The number of hydrogen-bond acceptors (Lipinski definition) is 4. The first-order valence-electron chi connectivity index (χ1n) is 13.5. The molecule has 0 heterocycles. The van der Waals surface area contributed by atoms with E-state index in [2.05, 4.69) is 19.2 Å².